The predicted octanol–water partition coefficient (Wildman–Crippen LogP) is 2.04. The fourth-order valence-electron chi connectivity index (χ4n) is 5.79. The molecule has 3 saturated heterocycles. The molecule has 5 rings (SSSR count). The van der Waals surface area contributed by atoms with E-state index in [0.29, 0.717) is 31.5 Å². The number of urea groups is 1. The third kappa shape index (κ3) is 2.65. The summed E-state index contributed by atoms with van der Waals surface area (Å²) >= 11 is 0. The normalized spacial score (nSPS) is 34.2. The number of rotatable bonds is 5. The monoisotopic (exact) mass is 383 g/mol. The lowest BCUT2D eigenvalue weighted by Gasteiger charge is -2.29. The summed E-state index contributed by atoms with van der Waals surface area (Å²) in [5, 5.41) is 6.16. The molecule has 3 amide bonds. The number of fused-ring (bicyclic) bond motifs is 1. The second-order valence-electron chi connectivity index (χ2n) is 8.90. The molecule has 0 radical (unpaired) electrons. The lowest BCUT2D eigenvalue weighted by Crippen LogP contribution is -2.44. The van der Waals surface area contributed by atoms with Crippen LogP contribution in [0.4, 0.5) is 4.79 Å². The van der Waals surface area contributed by atoms with E-state index in [-0.39, 0.29) is 29.1 Å². The lowest BCUT2D eigenvalue weighted by molar-refractivity contribution is -0.123. The Morgan fingerprint density at radius 3 is 2.68 bits per heavy atom. The molecule has 4 fully saturated rings. The Bertz CT molecular complexity index is 778. The van der Waals surface area contributed by atoms with Gasteiger partial charge in [-0.2, -0.15) is 0 Å². The van der Waals surface area contributed by atoms with E-state index in [1.807, 2.05) is 30.0 Å². The van der Waals surface area contributed by atoms with Crippen LogP contribution in [-0.2, 0) is 14.9 Å². The van der Waals surface area contributed by atoms with Gasteiger partial charge in [0.1, 0.15) is 0 Å². The molecule has 6 nitrogen and oxygen atoms in total. The molecule has 1 saturated carbocycles. The van der Waals surface area contributed by atoms with Gasteiger partial charge in [-0.3, -0.25) is 4.79 Å². The van der Waals surface area contributed by atoms with Crippen molar-refractivity contribution in [1.29, 1.82) is 0 Å². The fourth-order valence-corrected chi connectivity index (χ4v) is 5.79. The van der Waals surface area contributed by atoms with Crippen molar-refractivity contribution in [2.45, 2.75) is 49.7 Å². The zero-order valence-electron chi connectivity index (χ0n) is 16.4. The van der Waals surface area contributed by atoms with E-state index in [9.17, 15) is 9.59 Å². The van der Waals surface area contributed by atoms with Gasteiger partial charge in [0.15, 0.2) is 0 Å². The van der Waals surface area contributed by atoms with Gasteiger partial charge >= 0.3 is 6.03 Å². The first-order valence-corrected chi connectivity index (χ1v) is 10.6. The molecule has 150 valence electrons. The molecular weight excluding hydrogens is 354 g/mol. The van der Waals surface area contributed by atoms with Gasteiger partial charge in [0.2, 0.25) is 5.91 Å². The van der Waals surface area contributed by atoms with E-state index in [1.165, 1.54) is 0 Å². The van der Waals surface area contributed by atoms with Gasteiger partial charge in [-0.05, 0) is 38.2 Å². The van der Waals surface area contributed by atoms with E-state index >= 15 is 0 Å². The molecule has 4 atom stereocenters. The molecular formula is C22H29N3O3. The summed E-state index contributed by atoms with van der Waals surface area (Å²) in [5.41, 5.74) is 0.596. The minimum Gasteiger partial charge on any atom is -0.369 e. The van der Waals surface area contributed by atoms with Crippen LogP contribution in [0.15, 0.2) is 30.3 Å². The standard InChI is InChI=1S/C22H29N3O3/c1-2-23-20(27)25-13-17-16(18-8-9-22(17,14-25)28-18)12-24-19(26)21(10-11-21)15-6-4-3-5-7-15/h3-7,16-18H,2,8-14H2,1H3,(H,23,27)(H,24,26)/t16-,17+,18+,22+/m0/s1. The van der Waals surface area contributed by atoms with Crippen LogP contribution in [0.3, 0.4) is 0 Å². The molecule has 1 aliphatic carbocycles. The van der Waals surface area contributed by atoms with Crippen molar-refractivity contribution in [2.75, 3.05) is 26.2 Å². The van der Waals surface area contributed by atoms with Crippen molar-refractivity contribution in [1.82, 2.24) is 15.5 Å². The average Bonchev–Trinajstić information content (AvgIpc) is 3.17. The number of likely N-dealkylation sites (tertiary alicyclic amines) is 1. The van der Waals surface area contributed by atoms with Gasteiger partial charge in [-0.1, -0.05) is 30.3 Å². The van der Waals surface area contributed by atoms with Crippen LogP contribution in [0.5, 0.6) is 0 Å². The summed E-state index contributed by atoms with van der Waals surface area (Å²) in [5.74, 6) is 0.763. The van der Waals surface area contributed by atoms with Gasteiger partial charge in [-0.25, -0.2) is 4.79 Å². The smallest absolute Gasteiger partial charge is 0.317 e. The first-order chi connectivity index (χ1) is 13.6. The van der Waals surface area contributed by atoms with Crippen molar-refractivity contribution < 1.29 is 14.3 Å². The highest BCUT2D eigenvalue weighted by molar-refractivity contribution is 5.91. The van der Waals surface area contributed by atoms with E-state index in [0.717, 1.165) is 37.8 Å². The Morgan fingerprint density at radius 2 is 1.96 bits per heavy atom. The van der Waals surface area contributed by atoms with Crippen molar-refractivity contribution in [3.8, 4) is 0 Å². The first kappa shape index (κ1) is 18.0. The maximum Gasteiger partial charge on any atom is 0.317 e. The van der Waals surface area contributed by atoms with Crippen molar-refractivity contribution >= 4 is 11.9 Å². The van der Waals surface area contributed by atoms with Crippen LogP contribution in [-0.4, -0.2) is 54.7 Å². The number of nitrogens with one attached hydrogen (secondary N) is 2. The number of hydrogen-bond donors (Lipinski definition) is 2. The Morgan fingerprint density at radius 1 is 1.18 bits per heavy atom. The Hall–Kier alpha value is -2.08. The molecule has 1 aromatic rings. The van der Waals surface area contributed by atoms with E-state index in [1.54, 1.807) is 0 Å². The molecule has 28 heavy (non-hydrogen) atoms. The number of amides is 3. The van der Waals surface area contributed by atoms with Crippen LogP contribution in [0.1, 0.15) is 38.2 Å². The topological polar surface area (TPSA) is 70.7 Å². The molecule has 2 N–H and O–H groups in total. The SMILES string of the molecule is CCNC(=O)N1C[C@@H]2[C@H](CNC(=O)C3(c4ccccc4)CC3)[C@H]3CC[C@]2(C1)O3. The summed E-state index contributed by atoms with van der Waals surface area (Å²) < 4.78 is 6.40. The summed E-state index contributed by atoms with van der Waals surface area (Å²) in [7, 11) is 0. The molecule has 3 heterocycles. The number of carbonyl (C=O) groups is 2. The van der Waals surface area contributed by atoms with E-state index in [2.05, 4.69) is 22.8 Å². The van der Waals surface area contributed by atoms with Crippen LogP contribution in [0, 0.1) is 11.8 Å². The van der Waals surface area contributed by atoms with Gasteiger partial charge in [0.25, 0.3) is 0 Å². The summed E-state index contributed by atoms with van der Waals surface area (Å²) in [4.78, 5) is 27.2. The largest absolute Gasteiger partial charge is 0.369 e. The van der Waals surface area contributed by atoms with Crippen molar-refractivity contribution in [3.63, 3.8) is 0 Å². The fraction of sp³-hybridized carbons (Fsp3) is 0.636. The zero-order chi connectivity index (χ0) is 19.4. The minimum absolute atomic E-state index is 0.00196. The second kappa shape index (κ2) is 6.48. The summed E-state index contributed by atoms with van der Waals surface area (Å²) in [6, 6.07) is 10.1. The van der Waals surface area contributed by atoms with Crippen LogP contribution in [0.2, 0.25) is 0 Å². The van der Waals surface area contributed by atoms with Crippen LogP contribution < -0.4 is 10.6 Å². The number of benzene rings is 1. The molecule has 3 aliphatic heterocycles. The molecule has 0 unspecified atom stereocenters. The first-order valence-electron chi connectivity index (χ1n) is 10.6. The molecule has 0 aromatic heterocycles. The average molecular weight is 383 g/mol. The minimum atomic E-state index is -0.333. The highest BCUT2D eigenvalue weighted by Gasteiger charge is 2.63. The maximum absolute atomic E-state index is 13.0. The second-order valence-corrected chi connectivity index (χ2v) is 8.90. The number of carbonyl (C=O) groups excluding carboxylic acids is 2. The predicted molar refractivity (Wildman–Crippen MR) is 105 cm³/mol. The quantitative estimate of drug-likeness (QED) is 0.818. The highest BCUT2D eigenvalue weighted by atomic mass is 16.5. The molecule has 6 heteroatoms. The van der Waals surface area contributed by atoms with E-state index in [4.69, 9.17) is 4.74 Å². The van der Waals surface area contributed by atoms with Gasteiger partial charge in [0.05, 0.1) is 23.7 Å². The molecule has 4 aliphatic rings. The van der Waals surface area contributed by atoms with Gasteiger partial charge < -0.3 is 20.3 Å². The van der Waals surface area contributed by atoms with Crippen LogP contribution >= 0.6 is 0 Å². The van der Waals surface area contributed by atoms with Gasteiger partial charge in [-0.15, -0.1) is 0 Å². The number of hydrogen-bond acceptors (Lipinski definition) is 3. The third-order valence-corrected chi connectivity index (χ3v) is 7.41. The molecule has 1 aromatic carbocycles. The lowest BCUT2D eigenvalue weighted by atomic mass is 9.73. The Kier molecular flexibility index (Phi) is 4.16. The Labute approximate surface area is 166 Å². The molecule has 1 spiro atoms. The number of ether oxygens (including phenoxy) is 1. The van der Waals surface area contributed by atoms with Crippen molar-refractivity contribution in [2.24, 2.45) is 11.8 Å². The molecule has 2 bridgehead atoms. The Balaban J connectivity index is 1.25. The van der Waals surface area contributed by atoms with Crippen LogP contribution in [0.25, 0.3) is 0 Å². The maximum atomic E-state index is 13.0. The van der Waals surface area contributed by atoms with Crippen molar-refractivity contribution in [3.05, 3.63) is 35.9 Å². The zero-order valence-corrected chi connectivity index (χ0v) is 16.4. The van der Waals surface area contributed by atoms with Gasteiger partial charge in [0, 0.05) is 31.5 Å². The highest BCUT2D eigenvalue weighted by Crippen LogP contribution is 2.55. The number of nitrogens with zero attached hydrogens (tertiary/aromatic N) is 1. The summed E-state index contributed by atoms with van der Waals surface area (Å²) in [6.45, 7) is 4.63. The summed E-state index contributed by atoms with van der Waals surface area (Å²) in [6.07, 6.45) is 4.12. The third-order valence-electron chi connectivity index (χ3n) is 7.41. The van der Waals surface area contributed by atoms with E-state index < -0.39 is 0 Å².